The molecule has 2 N–H and O–H groups in total. The standard InChI is InChI=1S/C6H13N3O.2C2H6/c1-8-2-4-9(5-3-8)6(7)10;2*1-2/h2-5H2,1H3,(H2,7,10);2*1-2H3. The minimum absolute atomic E-state index is 0.298. The second-order valence-corrected chi connectivity index (χ2v) is 2.63. The van der Waals surface area contributed by atoms with E-state index in [4.69, 9.17) is 5.73 Å². The van der Waals surface area contributed by atoms with Gasteiger partial charge in [0.15, 0.2) is 0 Å². The molecule has 1 fully saturated rings. The maximum absolute atomic E-state index is 10.6. The van der Waals surface area contributed by atoms with E-state index in [0.29, 0.717) is 0 Å². The van der Waals surface area contributed by atoms with Gasteiger partial charge in [-0.25, -0.2) is 4.79 Å². The summed E-state index contributed by atoms with van der Waals surface area (Å²) in [4.78, 5) is 14.4. The van der Waals surface area contributed by atoms with Crippen LogP contribution in [0.3, 0.4) is 0 Å². The van der Waals surface area contributed by atoms with Gasteiger partial charge in [0.25, 0.3) is 0 Å². The second-order valence-electron chi connectivity index (χ2n) is 2.63. The van der Waals surface area contributed by atoms with Crippen molar-refractivity contribution < 1.29 is 4.79 Å². The van der Waals surface area contributed by atoms with Crippen LogP contribution in [0.25, 0.3) is 0 Å². The number of likely N-dealkylation sites (N-methyl/N-ethyl adjacent to an activating group) is 1. The molecule has 0 aromatic rings. The third-order valence-electron chi connectivity index (χ3n) is 1.81. The van der Waals surface area contributed by atoms with Crippen molar-refractivity contribution in [1.29, 1.82) is 0 Å². The highest BCUT2D eigenvalue weighted by atomic mass is 16.2. The Hall–Kier alpha value is -0.770. The molecule has 86 valence electrons. The maximum Gasteiger partial charge on any atom is 0.314 e. The number of carbonyl (C=O) groups excluding carboxylic acids is 1. The summed E-state index contributed by atoms with van der Waals surface area (Å²) in [5.41, 5.74) is 5.08. The number of carbonyl (C=O) groups is 1. The molecule has 4 heteroatoms. The van der Waals surface area contributed by atoms with Crippen molar-refractivity contribution in [1.82, 2.24) is 9.80 Å². The van der Waals surface area contributed by atoms with Gasteiger partial charge < -0.3 is 15.5 Å². The van der Waals surface area contributed by atoms with Gasteiger partial charge in [0, 0.05) is 26.2 Å². The van der Waals surface area contributed by atoms with E-state index in [0.717, 1.165) is 26.2 Å². The van der Waals surface area contributed by atoms with Crippen LogP contribution in [0.1, 0.15) is 27.7 Å². The summed E-state index contributed by atoms with van der Waals surface area (Å²) in [6, 6.07) is -0.298. The Balaban J connectivity index is 0. The molecular formula is C10H25N3O. The largest absolute Gasteiger partial charge is 0.351 e. The maximum atomic E-state index is 10.6. The highest BCUT2D eigenvalue weighted by molar-refractivity contribution is 5.72. The Morgan fingerprint density at radius 3 is 1.64 bits per heavy atom. The van der Waals surface area contributed by atoms with Crippen molar-refractivity contribution in [2.24, 2.45) is 5.73 Å². The van der Waals surface area contributed by atoms with Crippen LogP contribution in [0.5, 0.6) is 0 Å². The van der Waals surface area contributed by atoms with Gasteiger partial charge in [-0.15, -0.1) is 0 Å². The topological polar surface area (TPSA) is 49.6 Å². The average molecular weight is 203 g/mol. The minimum atomic E-state index is -0.298. The van der Waals surface area contributed by atoms with Crippen molar-refractivity contribution in [2.75, 3.05) is 33.2 Å². The molecule has 0 saturated carbocycles. The van der Waals surface area contributed by atoms with E-state index in [-0.39, 0.29) is 6.03 Å². The van der Waals surface area contributed by atoms with Crippen LogP contribution in [-0.4, -0.2) is 49.1 Å². The van der Waals surface area contributed by atoms with E-state index in [1.54, 1.807) is 4.90 Å². The van der Waals surface area contributed by atoms with Gasteiger partial charge in [-0.2, -0.15) is 0 Å². The predicted molar refractivity (Wildman–Crippen MR) is 61.3 cm³/mol. The lowest BCUT2D eigenvalue weighted by molar-refractivity contribution is 0.161. The number of nitrogens with zero attached hydrogens (tertiary/aromatic N) is 2. The normalized spacial score (nSPS) is 15.9. The third-order valence-corrected chi connectivity index (χ3v) is 1.81. The SMILES string of the molecule is CC.CC.CN1CCN(C(N)=O)CC1. The molecule has 0 spiro atoms. The summed E-state index contributed by atoms with van der Waals surface area (Å²) in [7, 11) is 2.04. The fourth-order valence-electron chi connectivity index (χ4n) is 1.03. The van der Waals surface area contributed by atoms with E-state index in [1.807, 2.05) is 34.7 Å². The second kappa shape index (κ2) is 10.3. The Morgan fingerprint density at radius 2 is 1.36 bits per heavy atom. The molecule has 1 heterocycles. The summed E-state index contributed by atoms with van der Waals surface area (Å²) in [5, 5.41) is 0. The summed E-state index contributed by atoms with van der Waals surface area (Å²) in [6.07, 6.45) is 0. The molecule has 0 radical (unpaired) electrons. The van der Waals surface area contributed by atoms with Crippen molar-refractivity contribution in [3.05, 3.63) is 0 Å². The fraction of sp³-hybridized carbons (Fsp3) is 0.900. The van der Waals surface area contributed by atoms with E-state index < -0.39 is 0 Å². The van der Waals surface area contributed by atoms with Crippen molar-refractivity contribution >= 4 is 6.03 Å². The molecular weight excluding hydrogens is 178 g/mol. The van der Waals surface area contributed by atoms with Crippen LogP contribution < -0.4 is 5.73 Å². The number of amides is 2. The average Bonchev–Trinajstić information content (AvgIpc) is 2.24. The lowest BCUT2D eigenvalue weighted by atomic mass is 10.3. The molecule has 0 aliphatic carbocycles. The smallest absolute Gasteiger partial charge is 0.314 e. The quantitative estimate of drug-likeness (QED) is 0.646. The van der Waals surface area contributed by atoms with Gasteiger partial charge >= 0.3 is 6.03 Å². The van der Waals surface area contributed by atoms with Crippen molar-refractivity contribution in [3.63, 3.8) is 0 Å². The van der Waals surface area contributed by atoms with Crippen molar-refractivity contribution in [2.45, 2.75) is 27.7 Å². The summed E-state index contributed by atoms with van der Waals surface area (Å²) >= 11 is 0. The monoisotopic (exact) mass is 203 g/mol. The Bertz CT molecular complexity index is 131. The third kappa shape index (κ3) is 6.71. The van der Waals surface area contributed by atoms with Crippen LogP contribution in [0, 0.1) is 0 Å². The molecule has 1 aliphatic rings. The first-order chi connectivity index (χ1) is 6.70. The van der Waals surface area contributed by atoms with Gasteiger partial charge in [-0.3, -0.25) is 0 Å². The van der Waals surface area contributed by atoms with Gasteiger partial charge in [0.2, 0.25) is 0 Å². The predicted octanol–water partition coefficient (Wildman–Crippen LogP) is 1.36. The van der Waals surface area contributed by atoms with Gasteiger partial charge in [-0.05, 0) is 7.05 Å². The Morgan fingerprint density at radius 1 is 1.00 bits per heavy atom. The fourth-order valence-corrected chi connectivity index (χ4v) is 1.03. The van der Waals surface area contributed by atoms with Crippen LogP contribution >= 0.6 is 0 Å². The summed E-state index contributed by atoms with van der Waals surface area (Å²) in [5.74, 6) is 0. The molecule has 0 bridgehead atoms. The van der Waals surface area contributed by atoms with E-state index >= 15 is 0 Å². The van der Waals surface area contributed by atoms with Gasteiger partial charge in [-0.1, -0.05) is 27.7 Å². The van der Waals surface area contributed by atoms with Crippen molar-refractivity contribution in [3.8, 4) is 0 Å². The van der Waals surface area contributed by atoms with Gasteiger partial charge in [0.05, 0.1) is 0 Å². The Kier molecular flexibility index (Phi) is 11.6. The highest BCUT2D eigenvalue weighted by Crippen LogP contribution is 1.96. The molecule has 4 nitrogen and oxygen atoms in total. The van der Waals surface area contributed by atoms with Gasteiger partial charge in [0.1, 0.15) is 0 Å². The zero-order chi connectivity index (χ0) is 11.6. The molecule has 0 atom stereocenters. The first-order valence-electron chi connectivity index (χ1n) is 5.43. The molecule has 1 saturated heterocycles. The zero-order valence-corrected chi connectivity index (χ0v) is 10.2. The van der Waals surface area contributed by atoms with Crippen LogP contribution in [-0.2, 0) is 0 Å². The molecule has 1 aliphatic heterocycles. The number of rotatable bonds is 0. The molecule has 0 aromatic heterocycles. The molecule has 0 aromatic carbocycles. The molecule has 14 heavy (non-hydrogen) atoms. The number of hydrogen-bond donors (Lipinski definition) is 1. The summed E-state index contributed by atoms with van der Waals surface area (Å²) < 4.78 is 0. The number of nitrogens with two attached hydrogens (primary N) is 1. The number of primary amides is 1. The Labute approximate surface area is 88.1 Å². The highest BCUT2D eigenvalue weighted by Gasteiger charge is 2.15. The minimum Gasteiger partial charge on any atom is -0.351 e. The van der Waals surface area contributed by atoms with E-state index in [9.17, 15) is 4.79 Å². The zero-order valence-electron chi connectivity index (χ0n) is 10.2. The first kappa shape index (κ1) is 15.7. The lowest BCUT2D eigenvalue weighted by Gasteiger charge is -2.30. The van der Waals surface area contributed by atoms with E-state index in [1.165, 1.54) is 0 Å². The van der Waals surface area contributed by atoms with E-state index in [2.05, 4.69) is 4.90 Å². The van der Waals surface area contributed by atoms with Crippen LogP contribution in [0.4, 0.5) is 4.79 Å². The number of hydrogen-bond acceptors (Lipinski definition) is 2. The number of urea groups is 1. The van der Waals surface area contributed by atoms with Crippen LogP contribution in [0.2, 0.25) is 0 Å². The van der Waals surface area contributed by atoms with Crippen LogP contribution in [0.15, 0.2) is 0 Å². The molecule has 2 amide bonds. The summed E-state index contributed by atoms with van der Waals surface area (Å²) in [6.45, 7) is 11.4. The lowest BCUT2D eigenvalue weighted by Crippen LogP contribution is -2.49. The number of piperazine rings is 1. The molecule has 1 rings (SSSR count). The first-order valence-corrected chi connectivity index (χ1v) is 5.43. The molecule has 0 unspecified atom stereocenters.